The summed E-state index contributed by atoms with van der Waals surface area (Å²) in [7, 11) is 1.37. The van der Waals surface area contributed by atoms with Gasteiger partial charge in [0, 0.05) is 6.07 Å². The minimum atomic E-state index is -0.508. The third-order valence-electron chi connectivity index (χ3n) is 1.27. The van der Waals surface area contributed by atoms with Gasteiger partial charge in [-0.1, -0.05) is 11.6 Å². The molecule has 0 atom stereocenters. The number of halogens is 2. The quantitative estimate of drug-likeness (QED) is 0.664. The Balaban J connectivity index is 3.21. The fourth-order valence-electron chi connectivity index (χ4n) is 0.701. The number of rotatable bonds is 1. The lowest BCUT2D eigenvalue weighted by atomic mass is 10.3. The molecule has 4 heteroatoms. The van der Waals surface area contributed by atoms with Gasteiger partial charge >= 0.3 is 0 Å². The first kappa shape index (κ1) is 8.14. The molecule has 0 aliphatic rings. The molecule has 0 amide bonds. The molecule has 0 spiro atoms. The highest BCUT2D eigenvalue weighted by Crippen LogP contribution is 2.26. The summed E-state index contributed by atoms with van der Waals surface area (Å²) in [5.41, 5.74) is 5.70. The summed E-state index contributed by atoms with van der Waals surface area (Å²) in [5, 5.41) is 0.198. The van der Waals surface area contributed by atoms with E-state index in [4.69, 9.17) is 17.3 Å². The van der Waals surface area contributed by atoms with Crippen molar-refractivity contribution in [2.75, 3.05) is 12.8 Å². The molecule has 2 nitrogen and oxygen atoms in total. The van der Waals surface area contributed by atoms with Crippen LogP contribution in [0.3, 0.4) is 0 Å². The number of nitrogens with two attached hydrogens (primary N) is 1. The zero-order valence-corrected chi connectivity index (χ0v) is 6.65. The topological polar surface area (TPSA) is 35.2 Å². The predicted molar refractivity (Wildman–Crippen MR) is 42.4 cm³/mol. The molecule has 0 aliphatic carbocycles. The SMILES string of the molecule is COc1cc(N)c(Cl)cc1F. The highest BCUT2D eigenvalue weighted by Gasteiger charge is 2.05. The number of anilines is 1. The Labute approximate surface area is 68.7 Å². The standard InChI is InChI=1S/C7H7ClFNO/c1-11-7-3-6(10)4(8)2-5(7)9/h2-3H,10H2,1H3. The van der Waals surface area contributed by atoms with Crippen LogP contribution in [0.15, 0.2) is 12.1 Å². The van der Waals surface area contributed by atoms with E-state index in [9.17, 15) is 4.39 Å². The van der Waals surface area contributed by atoms with Crippen molar-refractivity contribution in [1.29, 1.82) is 0 Å². The summed E-state index contributed by atoms with van der Waals surface area (Å²) in [6.45, 7) is 0. The van der Waals surface area contributed by atoms with Gasteiger partial charge in [0.2, 0.25) is 0 Å². The van der Waals surface area contributed by atoms with Gasteiger partial charge in [0.05, 0.1) is 17.8 Å². The van der Waals surface area contributed by atoms with E-state index in [1.807, 2.05) is 0 Å². The smallest absolute Gasteiger partial charge is 0.166 e. The van der Waals surface area contributed by atoms with Gasteiger partial charge in [0.25, 0.3) is 0 Å². The first-order valence-electron chi connectivity index (χ1n) is 2.93. The summed E-state index contributed by atoms with van der Waals surface area (Å²) in [4.78, 5) is 0. The molecule has 0 saturated heterocycles. The molecule has 0 aliphatic heterocycles. The van der Waals surface area contributed by atoms with E-state index in [-0.39, 0.29) is 10.8 Å². The van der Waals surface area contributed by atoms with Gasteiger partial charge < -0.3 is 10.5 Å². The van der Waals surface area contributed by atoms with Crippen molar-refractivity contribution in [2.45, 2.75) is 0 Å². The fourth-order valence-corrected chi connectivity index (χ4v) is 0.852. The predicted octanol–water partition coefficient (Wildman–Crippen LogP) is 2.07. The third kappa shape index (κ3) is 1.54. The second kappa shape index (κ2) is 2.96. The number of benzene rings is 1. The van der Waals surface area contributed by atoms with Crippen LogP contribution in [-0.4, -0.2) is 7.11 Å². The van der Waals surface area contributed by atoms with Gasteiger partial charge in [-0.15, -0.1) is 0 Å². The number of methoxy groups -OCH3 is 1. The largest absolute Gasteiger partial charge is 0.494 e. The number of hydrogen-bond acceptors (Lipinski definition) is 2. The average Bonchev–Trinajstić information content (AvgIpc) is 1.97. The number of ether oxygens (including phenoxy) is 1. The molecular weight excluding hydrogens is 169 g/mol. The Morgan fingerprint density at radius 2 is 2.18 bits per heavy atom. The van der Waals surface area contributed by atoms with E-state index >= 15 is 0 Å². The van der Waals surface area contributed by atoms with Crippen molar-refractivity contribution < 1.29 is 9.13 Å². The molecule has 0 radical (unpaired) electrons. The Hall–Kier alpha value is -0.960. The van der Waals surface area contributed by atoms with E-state index in [2.05, 4.69) is 4.74 Å². The molecule has 0 unspecified atom stereocenters. The molecule has 1 aromatic rings. The number of hydrogen-bond donors (Lipinski definition) is 1. The molecule has 60 valence electrons. The summed E-state index contributed by atoms with van der Waals surface area (Å²) < 4.78 is 17.4. The summed E-state index contributed by atoms with van der Waals surface area (Å²) in [6.07, 6.45) is 0. The van der Waals surface area contributed by atoms with Gasteiger partial charge in [0.15, 0.2) is 11.6 Å². The van der Waals surface area contributed by atoms with Crippen molar-refractivity contribution >= 4 is 17.3 Å². The Kier molecular flexibility index (Phi) is 2.19. The lowest BCUT2D eigenvalue weighted by molar-refractivity contribution is 0.387. The normalized spacial score (nSPS) is 9.73. The van der Waals surface area contributed by atoms with Crippen LogP contribution in [0.4, 0.5) is 10.1 Å². The minimum Gasteiger partial charge on any atom is -0.494 e. The molecular formula is C7H7ClFNO. The first-order valence-corrected chi connectivity index (χ1v) is 3.31. The minimum absolute atomic E-state index is 0.104. The molecule has 0 fully saturated rings. The Morgan fingerprint density at radius 3 is 2.73 bits per heavy atom. The van der Waals surface area contributed by atoms with Crippen molar-refractivity contribution in [3.63, 3.8) is 0 Å². The van der Waals surface area contributed by atoms with E-state index in [0.717, 1.165) is 6.07 Å². The van der Waals surface area contributed by atoms with E-state index < -0.39 is 5.82 Å². The van der Waals surface area contributed by atoms with Crippen LogP contribution in [0.2, 0.25) is 5.02 Å². The average molecular weight is 176 g/mol. The van der Waals surface area contributed by atoms with Gasteiger partial charge in [-0.2, -0.15) is 0 Å². The summed E-state index contributed by atoms with van der Waals surface area (Å²) in [6, 6.07) is 2.47. The molecule has 0 aromatic heterocycles. The van der Waals surface area contributed by atoms with E-state index in [0.29, 0.717) is 5.69 Å². The monoisotopic (exact) mass is 175 g/mol. The molecule has 1 rings (SSSR count). The van der Waals surface area contributed by atoms with Gasteiger partial charge in [-0.25, -0.2) is 4.39 Å². The van der Waals surface area contributed by atoms with Crippen molar-refractivity contribution in [1.82, 2.24) is 0 Å². The van der Waals surface area contributed by atoms with Crippen molar-refractivity contribution in [2.24, 2.45) is 0 Å². The zero-order valence-electron chi connectivity index (χ0n) is 5.90. The Morgan fingerprint density at radius 1 is 1.55 bits per heavy atom. The van der Waals surface area contributed by atoms with Gasteiger partial charge in [-0.05, 0) is 6.07 Å². The highest BCUT2D eigenvalue weighted by molar-refractivity contribution is 6.33. The zero-order chi connectivity index (χ0) is 8.43. The molecule has 1 aromatic carbocycles. The van der Waals surface area contributed by atoms with Crippen molar-refractivity contribution in [3.05, 3.63) is 23.0 Å². The fraction of sp³-hybridized carbons (Fsp3) is 0.143. The van der Waals surface area contributed by atoms with Crippen molar-refractivity contribution in [3.8, 4) is 5.75 Å². The van der Waals surface area contributed by atoms with Crippen LogP contribution in [0.25, 0.3) is 0 Å². The van der Waals surface area contributed by atoms with Crippen LogP contribution < -0.4 is 10.5 Å². The van der Waals surface area contributed by atoms with E-state index in [1.165, 1.54) is 13.2 Å². The van der Waals surface area contributed by atoms with Crippen LogP contribution >= 0.6 is 11.6 Å². The second-order valence-electron chi connectivity index (χ2n) is 2.01. The molecule has 0 saturated carbocycles. The third-order valence-corrected chi connectivity index (χ3v) is 1.60. The van der Waals surface area contributed by atoms with Crippen LogP contribution in [0.1, 0.15) is 0 Å². The maximum atomic E-state index is 12.8. The van der Waals surface area contributed by atoms with Crippen LogP contribution in [-0.2, 0) is 0 Å². The maximum Gasteiger partial charge on any atom is 0.166 e. The first-order chi connectivity index (χ1) is 5.15. The van der Waals surface area contributed by atoms with Crippen LogP contribution in [0.5, 0.6) is 5.75 Å². The number of nitrogen functional groups attached to an aromatic ring is 1. The Bertz CT molecular complexity index is 277. The lowest BCUT2D eigenvalue weighted by Crippen LogP contribution is -1.92. The lowest BCUT2D eigenvalue weighted by Gasteiger charge is -2.03. The molecule has 0 bridgehead atoms. The molecule has 11 heavy (non-hydrogen) atoms. The maximum absolute atomic E-state index is 12.8. The van der Waals surface area contributed by atoms with Gasteiger partial charge in [0.1, 0.15) is 0 Å². The second-order valence-corrected chi connectivity index (χ2v) is 2.42. The van der Waals surface area contributed by atoms with Crippen LogP contribution in [0, 0.1) is 5.82 Å². The van der Waals surface area contributed by atoms with E-state index in [1.54, 1.807) is 0 Å². The summed E-state index contributed by atoms with van der Waals surface area (Å²) in [5.74, 6) is -0.404. The summed E-state index contributed by atoms with van der Waals surface area (Å²) >= 11 is 5.52. The van der Waals surface area contributed by atoms with Gasteiger partial charge in [-0.3, -0.25) is 0 Å². The molecule has 2 N–H and O–H groups in total. The molecule has 0 heterocycles. The highest BCUT2D eigenvalue weighted by atomic mass is 35.5.